The Labute approximate surface area is 224 Å². The summed E-state index contributed by atoms with van der Waals surface area (Å²) in [5.41, 5.74) is 4.02. The molecule has 0 amide bonds. The molecule has 0 radical (unpaired) electrons. The lowest BCUT2D eigenvalue weighted by Crippen LogP contribution is -2.62. The minimum Gasteiger partial charge on any atom is -0.486 e. The van der Waals surface area contributed by atoms with Crippen LogP contribution in [0.2, 0.25) is 0 Å². The van der Waals surface area contributed by atoms with Crippen LogP contribution >= 0.6 is 0 Å². The van der Waals surface area contributed by atoms with Gasteiger partial charge in [-0.05, 0) is 54.2 Å². The van der Waals surface area contributed by atoms with Crippen molar-refractivity contribution in [3.05, 3.63) is 58.7 Å². The zero-order valence-electron chi connectivity index (χ0n) is 23.1. The molecular weight excluding hydrogens is 488 g/mol. The van der Waals surface area contributed by atoms with Crippen molar-refractivity contribution in [3.63, 3.8) is 0 Å². The molecule has 38 heavy (non-hydrogen) atoms. The maximum atomic E-state index is 12.3. The Hall–Kier alpha value is -3.10. The maximum Gasteiger partial charge on any atom is 0.303 e. The molecule has 0 spiro atoms. The smallest absolute Gasteiger partial charge is 0.303 e. The van der Waals surface area contributed by atoms with Gasteiger partial charge in [-0.1, -0.05) is 39.0 Å². The first-order valence-corrected chi connectivity index (χ1v) is 13.3. The van der Waals surface area contributed by atoms with E-state index in [0.29, 0.717) is 31.6 Å². The third kappa shape index (κ3) is 5.52. The lowest BCUT2D eigenvalue weighted by atomic mass is 9.81. The standard InChI is InChI=1S/C30H38O8/c1-7-22-10-11-24(17-23(22)15-21-9-12-26-27(16-21)35-14-13-34-26)30(33-6)29(37-20(5)32)28(36-19(4)31)18(3)25(8-2)38-30/h9-12,16-18,25,28-29H,7-8,13-15H2,1-6H3/t18-,25-,28+,29-,30+/m1/s1. The van der Waals surface area contributed by atoms with E-state index >= 15 is 0 Å². The first-order valence-electron chi connectivity index (χ1n) is 13.3. The summed E-state index contributed by atoms with van der Waals surface area (Å²) in [6.45, 7) is 9.80. The van der Waals surface area contributed by atoms with Crippen molar-refractivity contribution >= 4 is 11.9 Å². The van der Waals surface area contributed by atoms with E-state index in [4.69, 9.17) is 28.4 Å². The number of hydrogen-bond acceptors (Lipinski definition) is 8. The Bertz CT molecular complexity index is 1160. The predicted molar refractivity (Wildman–Crippen MR) is 140 cm³/mol. The molecular formula is C30H38O8. The zero-order chi connectivity index (χ0) is 27.4. The van der Waals surface area contributed by atoms with Crippen LogP contribution in [0.3, 0.4) is 0 Å². The van der Waals surface area contributed by atoms with Gasteiger partial charge in [0.25, 0.3) is 0 Å². The molecule has 5 atom stereocenters. The van der Waals surface area contributed by atoms with Gasteiger partial charge in [-0.25, -0.2) is 0 Å². The van der Waals surface area contributed by atoms with Gasteiger partial charge in [0.2, 0.25) is 5.79 Å². The first-order chi connectivity index (χ1) is 18.2. The number of carbonyl (C=O) groups is 2. The highest BCUT2D eigenvalue weighted by Crippen LogP contribution is 2.45. The highest BCUT2D eigenvalue weighted by Gasteiger charge is 2.58. The van der Waals surface area contributed by atoms with Gasteiger partial charge < -0.3 is 28.4 Å². The molecule has 2 aliphatic heterocycles. The van der Waals surface area contributed by atoms with Crippen LogP contribution < -0.4 is 9.47 Å². The van der Waals surface area contributed by atoms with Crippen molar-refractivity contribution < 1.29 is 38.0 Å². The molecule has 2 heterocycles. The summed E-state index contributed by atoms with van der Waals surface area (Å²) in [6.07, 6.45) is 0.0984. The molecule has 8 nitrogen and oxygen atoms in total. The molecule has 0 unspecified atom stereocenters. The summed E-state index contributed by atoms with van der Waals surface area (Å²) in [4.78, 5) is 24.4. The SMILES string of the molecule is CCc1ccc([C@]2(OC)O[C@H](CC)[C@@H](C)[C@H](OC(C)=O)[C@H]2OC(C)=O)cc1Cc1ccc2c(c1)OCCO2. The number of ether oxygens (including phenoxy) is 6. The van der Waals surface area contributed by atoms with Crippen molar-refractivity contribution in [1.82, 2.24) is 0 Å². The van der Waals surface area contributed by atoms with Crippen LogP contribution in [-0.4, -0.2) is 50.6 Å². The molecule has 8 heteroatoms. The third-order valence-electron chi connectivity index (χ3n) is 7.40. The number of aryl methyl sites for hydroxylation is 1. The number of fused-ring (bicyclic) bond motifs is 1. The highest BCUT2D eigenvalue weighted by atomic mass is 16.7. The van der Waals surface area contributed by atoms with E-state index in [9.17, 15) is 9.59 Å². The molecule has 2 aromatic carbocycles. The van der Waals surface area contributed by atoms with Gasteiger partial charge in [-0.2, -0.15) is 0 Å². The largest absolute Gasteiger partial charge is 0.486 e. The number of esters is 2. The second-order valence-corrected chi connectivity index (χ2v) is 9.89. The quantitative estimate of drug-likeness (QED) is 0.457. The normalized spacial score (nSPS) is 26.5. The fourth-order valence-corrected chi connectivity index (χ4v) is 5.53. The van der Waals surface area contributed by atoms with Crippen LogP contribution in [0.25, 0.3) is 0 Å². The Morgan fingerprint density at radius 1 is 0.947 bits per heavy atom. The number of benzene rings is 2. The van der Waals surface area contributed by atoms with Crippen molar-refractivity contribution in [1.29, 1.82) is 0 Å². The first kappa shape index (κ1) is 27.9. The molecule has 1 fully saturated rings. The van der Waals surface area contributed by atoms with Gasteiger partial charge in [0.15, 0.2) is 17.6 Å². The fraction of sp³-hybridized carbons (Fsp3) is 0.533. The summed E-state index contributed by atoms with van der Waals surface area (Å²) >= 11 is 0. The van der Waals surface area contributed by atoms with Gasteiger partial charge in [0.05, 0.1) is 6.10 Å². The molecule has 0 aromatic heterocycles. The average molecular weight is 527 g/mol. The van der Waals surface area contributed by atoms with E-state index < -0.39 is 29.9 Å². The van der Waals surface area contributed by atoms with E-state index in [2.05, 4.69) is 13.0 Å². The van der Waals surface area contributed by atoms with Crippen molar-refractivity contribution in [3.8, 4) is 11.5 Å². The lowest BCUT2D eigenvalue weighted by Gasteiger charge is -2.50. The summed E-state index contributed by atoms with van der Waals surface area (Å²) in [5.74, 6) is -1.16. The molecule has 2 aromatic rings. The monoisotopic (exact) mass is 526 g/mol. The molecule has 206 valence electrons. The van der Waals surface area contributed by atoms with E-state index in [1.807, 2.05) is 44.2 Å². The van der Waals surface area contributed by atoms with E-state index in [-0.39, 0.29) is 12.0 Å². The molecule has 0 N–H and O–H groups in total. The van der Waals surface area contributed by atoms with Crippen molar-refractivity contribution in [2.75, 3.05) is 20.3 Å². The fourth-order valence-electron chi connectivity index (χ4n) is 5.53. The average Bonchev–Trinajstić information content (AvgIpc) is 2.90. The van der Waals surface area contributed by atoms with Crippen LogP contribution in [0.4, 0.5) is 0 Å². The van der Waals surface area contributed by atoms with Crippen LogP contribution in [0.1, 0.15) is 63.3 Å². The number of hydrogen-bond donors (Lipinski definition) is 0. The van der Waals surface area contributed by atoms with Crippen molar-refractivity contribution in [2.45, 2.75) is 78.0 Å². The second-order valence-electron chi connectivity index (χ2n) is 9.89. The van der Waals surface area contributed by atoms with E-state index in [1.54, 1.807) is 0 Å². The number of methoxy groups -OCH3 is 1. The topological polar surface area (TPSA) is 89.5 Å². The van der Waals surface area contributed by atoms with Crippen LogP contribution in [0.5, 0.6) is 11.5 Å². The maximum absolute atomic E-state index is 12.3. The molecule has 0 saturated carbocycles. The summed E-state index contributed by atoms with van der Waals surface area (Å²) < 4.78 is 35.7. The Balaban J connectivity index is 1.79. The second kappa shape index (κ2) is 11.7. The zero-order valence-corrected chi connectivity index (χ0v) is 23.1. The van der Waals surface area contributed by atoms with Crippen LogP contribution in [-0.2, 0) is 47.2 Å². The van der Waals surface area contributed by atoms with Gasteiger partial charge >= 0.3 is 11.9 Å². The molecule has 1 saturated heterocycles. The molecule has 2 aliphatic rings. The van der Waals surface area contributed by atoms with Gasteiger partial charge in [0.1, 0.15) is 19.3 Å². The Morgan fingerprint density at radius 3 is 2.29 bits per heavy atom. The van der Waals surface area contributed by atoms with Gasteiger partial charge in [-0.15, -0.1) is 0 Å². The molecule has 0 bridgehead atoms. The highest BCUT2D eigenvalue weighted by molar-refractivity contribution is 5.67. The number of carbonyl (C=O) groups excluding carboxylic acids is 2. The summed E-state index contributed by atoms with van der Waals surface area (Å²) in [7, 11) is 1.53. The van der Waals surface area contributed by atoms with Crippen molar-refractivity contribution in [2.24, 2.45) is 5.92 Å². The number of rotatable bonds is 8. The molecule has 4 rings (SSSR count). The van der Waals surface area contributed by atoms with Gasteiger partial charge in [-0.3, -0.25) is 9.59 Å². The van der Waals surface area contributed by atoms with Gasteiger partial charge in [0, 0.05) is 32.4 Å². The Morgan fingerprint density at radius 2 is 1.66 bits per heavy atom. The van der Waals surface area contributed by atoms with Crippen LogP contribution in [0.15, 0.2) is 36.4 Å². The third-order valence-corrected chi connectivity index (χ3v) is 7.40. The summed E-state index contributed by atoms with van der Waals surface area (Å²) in [5, 5.41) is 0. The minimum atomic E-state index is -1.47. The lowest BCUT2D eigenvalue weighted by molar-refractivity contribution is -0.356. The van der Waals surface area contributed by atoms with E-state index in [1.165, 1.54) is 26.5 Å². The molecule has 0 aliphatic carbocycles. The Kier molecular flexibility index (Phi) is 8.63. The predicted octanol–water partition coefficient (Wildman–Crippen LogP) is 4.72. The van der Waals surface area contributed by atoms with E-state index in [0.717, 1.165) is 29.0 Å². The summed E-state index contributed by atoms with van der Waals surface area (Å²) in [6, 6.07) is 12.0. The van der Waals surface area contributed by atoms with Crippen LogP contribution in [0, 0.1) is 5.92 Å². The minimum absolute atomic E-state index is 0.219.